The molecule has 2 unspecified atom stereocenters. The van der Waals surface area contributed by atoms with Gasteiger partial charge in [0.25, 0.3) is 0 Å². The van der Waals surface area contributed by atoms with Gasteiger partial charge in [-0.05, 0) is 57.8 Å². The highest BCUT2D eigenvalue weighted by Crippen LogP contribution is 2.62. The Morgan fingerprint density at radius 2 is 2.00 bits per heavy atom. The number of nitrogens with zero attached hydrogens (tertiary/aromatic N) is 1. The van der Waals surface area contributed by atoms with E-state index in [-0.39, 0.29) is 38.0 Å². The molecule has 0 aromatic rings. The quantitative estimate of drug-likeness (QED) is 0.402. The van der Waals surface area contributed by atoms with Crippen LogP contribution in [0.4, 0.5) is 0 Å². The Morgan fingerprint density at radius 3 is 2.56 bits per heavy atom. The van der Waals surface area contributed by atoms with E-state index in [1.807, 2.05) is 6.92 Å². The van der Waals surface area contributed by atoms with Crippen molar-refractivity contribution in [2.45, 2.75) is 95.5 Å². The summed E-state index contributed by atoms with van der Waals surface area (Å²) in [7, 11) is -4.02. The Labute approximate surface area is 162 Å². The van der Waals surface area contributed by atoms with E-state index in [0.717, 1.165) is 19.3 Å². The van der Waals surface area contributed by atoms with E-state index < -0.39 is 24.9 Å². The fraction of sp³-hybridized carbons (Fsp3) is 0.947. The van der Waals surface area contributed by atoms with E-state index >= 15 is 0 Å². The van der Waals surface area contributed by atoms with Crippen molar-refractivity contribution in [3.05, 3.63) is 0 Å². The molecule has 7 nitrogen and oxygen atoms in total. The number of carbonyl (C=O) groups excluding carboxylic acids is 1. The highest BCUT2D eigenvalue weighted by atomic mass is 31.2. The highest BCUT2D eigenvalue weighted by molar-refractivity contribution is 7.54. The maximum absolute atomic E-state index is 13.3. The van der Waals surface area contributed by atoms with E-state index in [0.29, 0.717) is 25.2 Å². The minimum absolute atomic E-state index is 0.0332. The lowest BCUT2D eigenvalue weighted by Crippen LogP contribution is -2.50. The zero-order chi connectivity index (χ0) is 20.2. The van der Waals surface area contributed by atoms with Gasteiger partial charge in [0.05, 0.1) is 23.4 Å². The molecule has 3 N–H and O–H groups in total. The van der Waals surface area contributed by atoms with E-state index in [1.54, 1.807) is 11.8 Å². The molecule has 0 aromatic heterocycles. The number of rotatable bonds is 9. The fourth-order valence-corrected chi connectivity index (χ4v) is 6.26. The van der Waals surface area contributed by atoms with Gasteiger partial charge in [-0.25, -0.2) is 0 Å². The number of amides is 1. The third kappa shape index (κ3) is 5.13. The van der Waals surface area contributed by atoms with Crippen molar-refractivity contribution in [1.29, 1.82) is 0 Å². The van der Waals surface area contributed by atoms with E-state index in [2.05, 4.69) is 6.92 Å². The summed E-state index contributed by atoms with van der Waals surface area (Å²) in [6.07, 6.45) is 3.65. The van der Waals surface area contributed by atoms with Crippen LogP contribution in [-0.4, -0.2) is 62.5 Å². The van der Waals surface area contributed by atoms with Gasteiger partial charge in [0.15, 0.2) is 0 Å². The Morgan fingerprint density at radius 1 is 1.30 bits per heavy atom. The molecule has 0 aromatic carbocycles. The molecule has 1 amide bonds. The number of carbonyl (C=O) groups is 1. The standard InChI is InChI=1S/C19H36NO6P/c1-4-19(3,27(24,25)26-16-9-8-14(2)11-16)17-12-15(22)13-20(17)18(23)7-5-6-10-21/h14-17,21-22H,4-13H2,1-3H3,(H,24,25)/t14-,15-,16+,17+,19?/m1/s1. The normalized spacial score (nSPS) is 33.0. The van der Waals surface area contributed by atoms with Crippen LogP contribution in [0.3, 0.4) is 0 Å². The van der Waals surface area contributed by atoms with Crippen LogP contribution < -0.4 is 0 Å². The van der Waals surface area contributed by atoms with Gasteiger partial charge in [-0.1, -0.05) is 13.8 Å². The van der Waals surface area contributed by atoms with Gasteiger partial charge in [0, 0.05) is 19.6 Å². The molecular weight excluding hydrogens is 369 g/mol. The summed E-state index contributed by atoms with van der Waals surface area (Å²) in [5.41, 5.74) is 0. The van der Waals surface area contributed by atoms with Crippen LogP contribution in [0.1, 0.15) is 72.1 Å². The molecule has 2 rings (SSSR count). The summed E-state index contributed by atoms with van der Waals surface area (Å²) < 4.78 is 19.1. The molecule has 158 valence electrons. The number of β-amino-alcohol motifs (C(OH)–C–C–N with tert-alkyl or cyclic N) is 1. The second kappa shape index (κ2) is 9.36. The molecule has 0 radical (unpaired) electrons. The molecule has 1 saturated heterocycles. The minimum atomic E-state index is -4.02. The molecule has 2 fully saturated rings. The predicted molar refractivity (Wildman–Crippen MR) is 103 cm³/mol. The van der Waals surface area contributed by atoms with Gasteiger partial charge in [0.1, 0.15) is 0 Å². The van der Waals surface area contributed by atoms with Crippen molar-refractivity contribution in [2.24, 2.45) is 5.92 Å². The van der Waals surface area contributed by atoms with Crippen molar-refractivity contribution >= 4 is 13.5 Å². The van der Waals surface area contributed by atoms with Crippen LogP contribution in [0, 0.1) is 5.92 Å². The zero-order valence-corrected chi connectivity index (χ0v) is 17.7. The summed E-state index contributed by atoms with van der Waals surface area (Å²) in [5.74, 6) is 0.347. The molecule has 1 heterocycles. The lowest BCUT2D eigenvalue weighted by atomic mass is 9.95. The average molecular weight is 405 g/mol. The fourth-order valence-electron chi connectivity index (χ4n) is 4.41. The average Bonchev–Trinajstić information content (AvgIpc) is 3.19. The van der Waals surface area contributed by atoms with Crippen LogP contribution in [0.5, 0.6) is 0 Å². The van der Waals surface area contributed by atoms with Gasteiger partial charge in [-0.15, -0.1) is 0 Å². The topological polar surface area (TPSA) is 107 Å². The number of unbranched alkanes of at least 4 members (excludes halogenated alkanes) is 1. The predicted octanol–water partition coefficient (Wildman–Crippen LogP) is 2.67. The van der Waals surface area contributed by atoms with Crippen molar-refractivity contribution in [3.8, 4) is 0 Å². The molecular formula is C19H36NO6P. The highest BCUT2D eigenvalue weighted by Gasteiger charge is 2.56. The first-order valence-corrected chi connectivity index (χ1v) is 11.8. The van der Waals surface area contributed by atoms with Gasteiger partial charge in [-0.3, -0.25) is 9.36 Å². The summed E-state index contributed by atoms with van der Waals surface area (Å²) >= 11 is 0. The lowest BCUT2D eigenvalue weighted by molar-refractivity contribution is -0.133. The monoisotopic (exact) mass is 405 g/mol. The number of aliphatic hydroxyl groups excluding tert-OH is 2. The van der Waals surface area contributed by atoms with Crippen molar-refractivity contribution in [1.82, 2.24) is 4.90 Å². The van der Waals surface area contributed by atoms with Crippen LogP contribution in [0.15, 0.2) is 0 Å². The summed E-state index contributed by atoms with van der Waals surface area (Å²) in [6.45, 7) is 5.88. The molecule has 1 aliphatic heterocycles. The molecule has 8 heteroatoms. The molecule has 0 bridgehead atoms. The van der Waals surface area contributed by atoms with Gasteiger partial charge in [-0.2, -0.15) is 0 Å². The summed E-state index contributed by atoms with van der Waals surface area (Å²) in [4.78, 5) is 25.2. The van der Waals surface area contributed by atoms with Crippen LogP contribution in [0.2, 0.25) is 0 Å². The number of aliphatic hydroxyl groups is 2. The van der Waals surface area contributed by atoms with Crippen molar-refractivity contribution < 1.29 is 29.0 Å². The Hall–Kier alpha value is -0.460. The molecule has 1 saturated carbocycles. The first-order valence-electron chi connectivity index (χ1n) is 10.2. The number of hydrogen-bond acceptors (Lipinski definition) is 5. The SMILES string of the molecule is CCC(C)([C@@H]1C[C@@H](O)CN1C(=O)CCCCO)P(=O)(O)O[C@H]1CC[C@@H](C)C1. The van der Waals surface area contributed by atoms with E-state index in [9.17, 15) is 19.4 Å². The maximum atomic E-state index is 13.3. The molecule has 27 heavy (non-hydrogen) atoms. The second-order valence-corrected chi connectivity index (χ2v) is 10.8. The molecule has 0 spiro atoms. The number of hydrogen-bond donors (Lipinski definition) is 3. The second-order valence-electron chi connectivity index (χ2n) is 8.51. The lowest BCUT2D eigenvalue weighted by Gasteiger charge is -2.42. The third-order valence-electron chi connectivity index (χ3n) is 6.42. The zero-order valence-electron chi connectivity index (χ0n) is 16.8. The Bertz CT molecular complexity index is 558. The molecule has 2 aliphatic rings. The maximum Gasteiger partial charge on any atom is 0.336 e. The van der Waals surface area contributed by atoms with Crippen molar-refractivity contribution in [3.63, 3.8) is 0 Å². The largest absolute Gasteiger partial charge is 0.396 e. The van der Waals surface area contributed by atoms with Crippen LogP contribution in [-0.2, 0) is 13.9 Å². The van der Waals surface area contributed by atoms with Crippen LogP contribution in [0.25, 0.3) is 0 Å². The summed E-state index contributed by atoms with van der Waals surface area (Å²) in [6, 6.07) is -0.534. The van der Waals surface area contributed by atoms with Crippen LogP contribution >= 0.6 is 7.60 Å². The van der Waals surface area contributed by atoms with Gasteiger partial charge >= 0.3 is 7.60 Å². The number of likely N-dealkylation sites (tertiary alicyclic amines) is 1. The third-order valence-corrected chi connectivity index (χ3v) is 8.91. The minimum Gasteiger partial charge on any atom is -0.396 e. The first-order chi connectivity index (χ1) is 12.6. The first kappa shape index (κ1) is 22.8. The summed E-state index contributed by atoms with van der Waals surface area (Å²) in [5, 5.41) is 18.0. The van der Waals surface area contributed by atoms with Crippen molar-refractivity contribution in [2.75, 3.05) is 13.2 Å². The molecule has 1 aliphatic carbocycles. The molecule has 6 atom stereocenters. The van der Waals surface area contributed by atoms with Gasteiger partial charge in [0.2, 0.25) is 5.91 Å². The smallest absolute Gasteiger partial charge is 0.336 e. The van der Waals surface area contributed by atoms with Gasteiger partial charge < -0.3 is 24.5 Å². The Kier molecular flexibility index (Phi) is 7.91. The van der Waals surface area contributed by atoms with E-state index in [1.165, 1.54) is 0 Å². The van der Waals surface area contributed by atoms with E-state index in [4.69, 9.17) is 9.63 Å². The Balaban J connectivity index is 2.17.